The SMILES string of the molecule is O=C(O)c1ccccc1.O=c1ccc2ccc(F)c3c2n1[C@H](CN1CCC(NCc2cc4c(nn2)OCCO4)CC1)CO3. The van der Waals surface area contributed by atoms with Crippen LogP contribution in [0.3, 0.4) is 0 Å². The van der Waals surface area contributed by atoms with Gasteiger partial charge in [0.05, 0.1) is 22.8 Å². The summed E-state index contributed by atoms with van der Waals surface area (Å²) in [5.74, 6) is -0.0310. The molecular weight excluding hydrogens is 557 g/mol. The second kappa shape index (κ2) is 12.8. The normalized spacial score (nSPS) is 17.9. The number of carboxylic acids is 1. The molecule has 0 saturated carbocycles. The molecule has 224 valence electrons. The van der Waals surface area contributed by atoms with Crippen molar-refractivity contribution in [3.8, 4) is 17.4 Å². The number of carbonyl (C=O) groups is 1. The van der Waals surface area contributed by atoms with Crippen molar-refractivity contribution in [3.05, 3.63) is 88.1 Å². The summed E-state index contributed by atoms with van der Waals surface area (Å²) in [6, 6.07) is 16.8. The average Bonchev–Trinajstić information content (AvgIpc) is 3.04. The minimum atomic E-state index is -0.879. The molecule has 1 saturated heterocycles. The van der Waals surface area contributed by atoms with Crippen molar-refractivity contribution in [2.45, 2.75) is 31.5 Å². The van der Waals surface area contributed by atoms with Crippen molar-refractivity contribution in [3.63, 3.8) is 0 Å². The first-order valence-corrected chi connectivity index (χ1v) is 14.3. The molecular formula is C31H32FN5O6. The van der Waals surface area contributed by atoms with E-state index in [1.165, 1.54) is 6.07 Å². The maximum atomic E-state index is 14.3. The van der Waals surface area contributed by atoms with E-state index >= 15 is 0 Å². The van der Waals surface area contributed by atoms with Crippen LogP contribution in [0.2, 0.25) is 0 Å². The molecule has 1 atom stereocenters. The second-order valence-corrected chi connectivity index (χ2v) is 10.6. The number of fused-ring (bicyclic) bond motifs is 1. The summed E-state index contributed by atoms with van der Waals surface area (Å²) in [5, 5.41) is 21.1. The van der Waals surface area contributed by atoms with E-state index < -0.39 is 11.8 Å². The van der Waals surface area contributed by atoms with E-state index in [0.717, 1.165) is 37.0 Å². The number of ether oxygens (including phenoxy) is 3. The predicted molar refractivity (Wildman–Crippen MR) is 155 cm³/mol. The van der Waals surface area contributed by atoms with Gasteiger partial charge in [-0.2, -0.15) is 5.10 Å². The summed E-state index contributed by atoms with van der Waals surface area (Å²) in [4.78, 5) is 25.3. The number of benzene rings is 2. The van der Waals surface area contributed by atoms with E-state index in [9.17, 15) is 14.0 Å². The summed E-state index contributed by atoms with van der Waals surface area (Å²) < 4.78 is 32.8. The fraction of sp³-hybridized carbons (Fsp3) is 0.355. The number of aromatic carboxylic acids is 1. The number of aromatic nitrogens is 3. The molecule has 5 heterocycles. The summed E-state index contributed by atoms with van der Waals surface area (Å²) >= 11 is 0. The second-order valence-electron chi connectivity index (χ2n) is 10.6. The Balaban J connectivity index is 0.000000315. The Hall–Kier alpha value is -4.55. The van der Waals surface area contributed by atoms with Crippen LogP contribution >= 0.6 is 0 Å². The fourth-order valence-electron chi connectivity index (χ4n) is 5.61. The molecule has 0 radical (unpaired) electrons. The monoisotopic (exact) mass is 589 g/mol. The third-order valence-electron chi connectivity index (χ3n) is 7.79. The van der Waals surface area contributed by atoms with Crippen molar-refractivity contribution in [2.75, 3.05) is 39.5 Å². The summed E-state index contributed by atoms with van der Waals surface area (Å²) in [6.45, 7) is 4.42. The number of hydrogen-bond donors (Lipinski definition) is 2. The molecule has 0 spiro atoms. The zero-order valence-corrected chi connectivity index (χ0v) is 23.4. The van der Waals surface area contributed by atoms with Gasteiger partial charge in [0.15, 0.2) is 17.3 Å². The molecule has 4 aromatic rings. The van der Waals surface area contributed by atoms with Gasteiger partial charge in [-0.1, -0.05) is 18.2 Å². The van der Waals surface area contributed by atoms with Gasteiger partial charge in [-0.15, -0.1) is 5.10 Å². The van der Waals surface area contributed by atoms with E-state index in [2.05, 4.69) is 20.4 Å². The van der Waals surface area contributed by atoms with Crippen LogP contribution in [0.1, 0.15) is 34.9 Å². The number of nitrogens with one attached hydrogen (secondary N) is 1. The van der Waals surface area contributed by atoms with E-state index in [4.69, 9.17) is 19.3 Å². The standard InChI is InChI=1S/C24H26FN5O4.C7H6O2/c25-19-3-1-15-2-4-21(31)30-18(14-34-23(19)22(15)30)13-29-7-5-16(6-8-29)26-12-17-11-20-24(28-27-17)33-10-9-32-20;8-7(9)6-4-2-1-3-5-6/h1-4,11,16,18,26H,5-10,12-14H2;1-5H,(H,8,9)/t18-;/m1./s1. The molecule has 0 amide bonds. The maximum Gasteiger partial charge on any atom is 0.335 e. The number of likely N-dealkylation sites (tertiary alicyclic amines) is 1. The van der Waals surface area contributed by atoms with Crippen molar-refractivity contribution >= 4 is 16.9 Å². The Bertz CT molecular complexity index is 1660. The third kappa shape index (κ3) is 6.45. The topological polar surface area (TPSA) is 128 Å². The van der Waals surface area contributed by atoms with E-state index in [0.29, 0.717) is 55.1 Å². The Morgan fingerprint density at radius 1 is 1.00 bits per heavy atom. The highest BCUT2D eigenvalue weighted by molar-refractivity contribution is 5.87. The Morgan fingerprint density at radius 2 is 1.77 bits per heavy atom. The van der Waals surface area contributed by atoms with Gasteiger partial charge in [0.2, 0.25) is 0 Å². The number of pyridine rings is 1. The smallest absolute Gasteiger partial charge is 0.335 e. The summed E-state index contributed by atoms with van der Waals surface area (Å²) in [5.41, 5.74) is 1.59. The first-order chi connectivity index (χ1) is 21.0. The van der Waals surface area contributed by atoms with Crippen LogP contribution in [0.15, 0.2) is 65.5 Å². The average molecular weight is 590 g/mol. The van der Waals surface area contributed by atoms with Crippen molar-refractivity contribution in [2.24, 2.45) is 0 Å². The van der Waals surface area contributed by atoms with Gasteiger partial charge in [-0.3, -0.25) is 9.36 Å². The lowest BCUT2D eigenvalue weighted by molar-refractivity contribution is 0.0697. The highest BCUT2D eigenvalue weighted by atomic mass is 19.1. The van der Waals surface area contributed by atoms with Crippen LogP contribution in [0.25, 0.3) is 10.9 Å². The number of halogens is 1. The molecule has 2 aromatic carbocycles. The first-order valence-electron chi connectivity index (χ1n) is 14.3. The molecule has 0 unspecified atom stereocenters. The maximum absolute atomic E-state index is 14.3. The largest absolute Gasteiger partial charge is 0.486 e. The quantitative estimate of drug-likeness (QED) is 0.346. The van der Waals surface area contributed by atoms with Crippen LogP contribution in [-0.2, 0) is 6.54 Å². The lowest BCUT2D eigenvalue weighted by Gasteiger charge is -2.36. The first kappa shape index (κ1) is 28.6. The minimum Gasteiger partial charge on any atom is -0.486 e. The van der Waals surface area contributed by atoms with Gasteiger partial charge in [0.1, 0.15) is 19.8 Å². The number of hydrogen-bond acceptors (Lipinski definition) is 9. The van der Waals surface area contributed by atoms with Gasteiger partial charge in [0, 0.05) is 36.7 Å². The fourth-order valence-corrected chi connectivity index (χ4v) is 5.61. The van der Waals surface area contributed by atoms with Gasteiger partial charge in [0.25, 0.3) is 11.4 Å². The van der Waals surface area contributed by atoms with Gasteiger partial charge in [-0.05, 0) is 56.3 Å². The zero-order valence-electron chi connectivity index (χ0n) is 23.4. The van der Waals surface area contributed by atoms with Gasteiger partial charge in [-0.25, -0.2) is 9.18 Å². The number of piperidine rings is 1. The lowest BCUT2D eigenvalue weighted by atomic mass is 10.0. The van der Waals surface area contributed by atoms with E-state index in [1.807, 2.05) is 6.07 Å². The predicted octanol–water partition coefficient (Wildman–Crippen LogP) is 3.27. The number of carboxylic acid groups (broad SMARTS) is 1. The van der Waals surface area contributed by atoms with E-state index in [1.54, 1.807) is 53.1 Å². The van der Waals surface area contributed by atoms with E-state index in [-0.39, 0.29) is 24.0 Å². The van der Waals surface area contributed by atoms with Gasteiger partial charge >= 0.3 is 5.97 Å². The van der Waals surface area contributed by atoms with Crippen molar-refractivity contribution in [1.82, 2.24) is 25.0 Å². The van der Waals surface area contributed by atoms with Crippen molar-refractivity contribution < 1.29 is 28.5 Å². The minimum absolute atomic E-state index is 0.121. The molecule has 7 rings (SSSR count). The summed E-state index contributed by atoms with van der Waals surface area (Å²) in [6.07, 6.45) is 1.96. The number of nitrogens with zero attached hydrogens (tertiary/aromatic N) is 4. The van der Waals surface area contributed by atoms with Crippen molar-refractivity contribution in [1.29, 1.82) is 0 Å². The van der Waals surface area contributed by atoms with Crippen LogP contribution in [0.4, 0.5) is 4.39 Å². The Kier molecular flexibility index (Phi) is 8.47. The van der Waals surface area contributed by atoms with Crippen LogP contribution in [0, 0.1) is 5.82 Å². The third-order valence-corrected chi connectivity index (χ3v) is 7.79. The molecule has 3 aliphatic heterocycles. The highest BCUT2D eigenvalue weighted by Gasteiger charge is 2.29. The molecule has 11 nitrogen and oxygen atoms in total. The highest BCUT2D eigenvalue weighted by Crippen LogP contribution is 2.34. The van der Waals surface area contributed by atoms with Crippen LogP contribution in [0.5, 0.6) is 17.4 Å². The summed E-state index contributed by atoms with van der Waals surface area (Å²) in [7, 11) is 0. The molecule has 2 aromatic heterocycles. The zero-order chi connectivity index (χ0) is 29.8. The number of rotatable bonds is 6. The lowest BCUT2D eigenvalue weighted by Crippen LogP contribution is -2.46. The van der Waals surface area contributed by atoms with Crippen LogP contribution in [-0.4, -0.2) is 76.2 Å². The molecule has 0 aliphatic carbocycles. The molecule has 43 heavy (non-hydrogen) atoms. The molecule has 0 bridgehead atoms. The van der Waals surface area contributed by atoms with Crippen LogP contribution < -0.4 is 25.1 Å². The Labute approximate surface area is 246 Å². The Morgan fingerprint density at radius 3 is 2.53 bits per heavy atom. The molecule has 2 N–H and O–H groups in total. The molecule has 12 heteroatoms. The van der Waals surface area contributed by atoms with Gasteiger partial charge < -0.3 is 29.5 Å². The molecule has 3 aliphatic rings. The molecule has 1 fully saturated rings.